The van der Waals surface area contributed by atoms with E-state index in [1.165, 1.54) is 19.4 Å². The third-order valence-electron chi connectivity index (χ3n) is 4.11. The molecular formula is C13H19N5O. The van der Waals surface area contributed by atoms with Gasteiger partial charge in [-0.25, -0.2) is 0 Å². The van der Waals surface area contributed by atoms with Gasteiger partial charge in [0.2, 0.25) is 0 Å². The van der Waals surface area contributed by atoms with Gasteiger partial charge in [0.1, 0.15) is 0 Å². The largest absolute Gasteiger partial charge is 0.409 e. The molecule has 2 saturated heterocycles. The van der Waals surface area contributed by atoms with E-state index in [2.05, 4.69) is 19.9 Å². The molecule has 0 aliphatic carbocycles. The van der Waals surface area contributed by atoms with Gasteiger partial charge in [-0.15, -0.1) is 0 Å². The second kappa shape index (κ2) is 5.05. The van der Waals surface area contributed by atoms with Gasteiger partial charge in [-0.05, 0) is 25.5 Å². The van der Waals surface area contributed by atoms with Crippen LogP contribution in [-0.4, -0.2) is 53.1 Å². The first-order valence-corrected chi connectivity index (χ1v) is 6.70. The van der Waals surface area contributed by atoms with E-state index in [0.717, 1.165) is 30.9 Å². The number of hydrogen-bond donors (Lipinski definition) is 2. The lowest BCUT2D eigenvalue weighted by atomic mass is 10.1. The van der Waals surface area contributed by atoms with Gasteiger partial charge < -0.3 is 15.8 Å². The molecule has 3 heterocycles. The van der Waals surface area contributed by atoms with Gasteiger partial charge in [0.15, 0.2) is 5.84 Å². The Bertz CT molecular complexity index is 490. The molecule has 6 heteroatoms. The second-order valence-electron chi connectivity index (χ2n) is 5.16. The van der Waals surface area contributed by atoms with Crippen LogP contribution in [0.15, 0.2) is 23.6 Å². The summed E-state index contributed by atoms with van der Waals surface area (Å²) in [6.45, 7) is 4.26. The Morgan fingerprint density at radius 1 is 1.42 bits per heavy atom. The second-order valence-corrected chi connectivity index (χ2v) is 5.16. The topological polar surface area (TPSA) is 78.0 Å². The highest BCUT2D eigenvalue weighted by atomic mass is 16.4. The zero-order valence-electron chi connectivity index (χ0n) is 10.9. The van der Waals surface area contributed by atoms with Crippen LogP contribution in [0, 0.1) is 0 Å². The van der Waals surface area contributed by atoms with E-state index in [1.54, 1.807) is 18.5 Å². The monoisotopic (exact) mass is 261 g/mol. The zero-order valence-corrected chi connectivity index (χ0v) is 10.9. The van der Waals surface area contributed by atoms with Gasteiger partial charge in [0.05, 0.1) is 11.9 Å². The maximum Gasteiger partial charge on any atom is 0.172 e. The molecule has 0 bridgehead atoms. The summed E-state index contributed by atoms with van der Waals surface area (Å²) < 4.78 is 0. The van der Waals surface area contributed by atoms with Crippen molar-refractivity contribution < 1.29 is 5.21 Å². The molecule has 1 unspecified atom stereocenters. The molecule has 6 nitrogen and oxygen atoms in total. The highest BCUT2D eigenvalue weighted by Crippen LogP contribution is 2.27. The minimum atomic E-state index is 0.145. The molecule has 19 heavy (non-hydrogen) atoms. The summed E-state index contributed by atoms with van der Waals surface area (Å²) >= 11 is 0. The fourth-order valence-electron chi connectivity index (χ4n) is 3.12. The highest BCUT2D eigenvalue weighted by molar-refractivity contribution is 6.02. The van der Waals surface area contributed by atoms with E-state index in [0.29, 0.717) is 6.04 Å². The minimum Gasteiger partial charge on any atom is -0.409 e. The fraction of sp³-hybridized carbons (Fsp3) is 0.538. The smallest absolute Gasteiger partial charge is 0.172 e. The molecule has 1 atom stereocenters. The first-order chi connectivity index (χ1) is 9.29. The molecule has 2 aliphatic heterocycles. The number of nitrogens with two attached hydrogens (primary N) is 1. The Morgan fingerprint density at radius 3 is 3.16 bits per heavy atom. The molecule has 1 aromatic rings. The number of fused-ring (bicyclic) bond motifs is 1. The first kappa shape index (κ1) is 12.2. The summed E-state index contributed by atoms with van der Waals surface area (Å²) in [6.07, 6.45) is 6.02. The molecule has 0 amide bonds. The van der Waals surface area contributed by atoms with Crippen molar-refractivity contribution in [3.8, 4) is 0 Å². The number of rotatable bonds is 2. The lowest BCUT2D eigenvalue weighted by Crippen LogP contribution is -2.50. The molecule has 3 rings (SSSR count). The van der Waals surface area contributed by atoms with Crippen LogP contribution in [0.4, 0.5) is 5.69 Å². The Hall–Kier alpha value is -1.82. The van der Waals surface area contributed by atoms with Crippen LogP contribution in [0.5, 0.6) is 0 Å². The average Bonchev–Trinajstić information content (AvgIpc) is 2.93. The number of piperazine rings is 1. The Kier molecular flexibility index (Phi) is 3.25. The molecule has 0 saturated carbocycles. The Morgan fingerprint density at radius 2 is 2.32 bits per heavy atom. The van der Waals surface area contributed by atoms with E-state index >= 15 is 0 Å². The van der Waals surface area contributed by atoms with E-state index in [-0.39, 0.29) is 5.84 Å². The lowest BCUT2D eigenvalue weighted by molar-refractivity contribution is 0.231. The zero-order chi connectivity index (χ0) is 13.2. The van der Waals surface area contributed by atoms with Crippen LogP contribution >= 0.6 is 0 Å². The predicted octanol–water partition coefficient (Wildman–Crippen LogP) is 0.460. The maximum absolute atomic E-state index is 8.88. The minimum absolute atomic E-state index is 0.145. The molecule has 1 aromatic heterocycles. The van der Waals surface area contributed by atoms with E-state index in [9.17, 15) is 0 Å². The molecule has 0 spiro atoms. The Balaban J connectivity index is 1.86. The summed E-state index contributed by atoms with van der Waals surface area (Å²) in [6, 6.07) is 2.43. The normalized spacial score (nSPS) is 24.5. The number of pyridine rings is 1. The molecule has 102 valence electrons. The third-order valence-corrected chi connectivity index (χ3v) is 4.11. The number of amidine groups is 1. The van der Waals surface area contributed by atoms with Crippen molar-refractivity contribution in [3.63, 3.8) is 0 Å². The number of hydrogen-bond acceptors (Lipinski definition) is 5. The molecule has 0 aromatic carbocycles. The van der Waals surface area contributed by atoms with Gasteiger partial charge in [0.25, 0.3) is 0 Å². The van der Waals surface area contributed by atoms with Crippen LogP contribution in [0.2, 0.25) is 0 Å². The molecule has 0 radical (unpaired) electrons. The van der Waals surface area contributed by atoms with Crippen molar-refractivity contribution in [2.75, 3.05) is 31.1 Å². The van der Waals surface area contributed by atoms with Crippen molar-refractivity contribution >= 4 is 11.5 Å². The van der Waals surface area contributed by atoms with E-state index in [4.69, 9.17) is 10.9 Å². The molecule has 2 aliphatic rings. The van der Waals surface area contributed by atoms with E-state index in [1.807, 2.05) is 0 Å². The van der Waals surface area contributed by atoms with Crippen LogP contribution in [0.1, 0.15) is 18.4 Å². The van der Waals surface area contributed by atoms with Gasteiger partial charge >= 0.3 is 0 Å². The van der Waals surface area contributed by atoms with Crippen molar-refractivity contribution in [2.24, 2.45) is 10.9 Å². The van der Waals surface area contributed by atoms with Gasteiger partial charge in [-0.1, -0.05) is 5.16 Å². The lowest BCUT2D eigenvalue weighted by Gasteiger charge is -2.39. The van der Waals surface area contributed by atoms with Crippen molar-refractivity contribution in [1.82, 2.24) is 9.88 Å². The summed E-state index contributed by atoms with van der Waals surface area (Å²) in [5.74, 6) is 0.145. The maximum atomic E-state index is 8.88. The standard InChI is InChI=1S/C13H19N5O/c14-13(16-19)11-3-4-15-8-12(11)18-7-6-17-5-1-2-10(17)9-18/h3-4,8,10,19H,1-2,5-7,9H2,(H2,14,16). The summed E-state index contributed by atoms with van der Waals surface area (Å²) in [5.41, 5.74) is 7.46. The summed E-state index contributed by atoms with van der Waals surface area (Å²) in [7, 11) is 0. The summed E-state index contributed by atoms with van der Waals surface area (Å²) in [4.78, 5) is 9.03. The number of anilines is 1. The van der Waals surface area contributed by atoms with Gasteiger partial charge in [-0.2, -0.15) is 0 Å². The molecule has 2 fully saturated rings. The van der Waals surface area contributed by atoms with Crippen LogP contribution in [-0.2, 0) is 0 Å². The summed E-state index contributed by atoms with van der Waals surface area (Å²) in [5, 5.41) is 12.0. The first-order valence-electron chi connectivity index (χ1n) is 6.70. The Labute approximate surface area is 112 Å². The van der Waals surface area contributed by atoms with Gasteiger partial charge in [-0.3, -0.25) is 9.88 Å². The quantitative estimate of drug-likeness (QED) is 0.350. The van der Waals surface area contributed by atoms with E-state index < -0.39 is 0 Å². The third kappa shape index (κ3) is 2.23. The number of aromatic nitrogens is 1. The molecular weight excluding hydrogens is 242 g/mol. The van der Waals surface area contributed by atoms with Crippen molar-refractivity contribution in [1.29, 1.82) is 0 Å². The van der Waals surface area contributed by atoms with Gasteiger partial charge in [0, 0.05) is 37.4 Å². The van der Waals surface area contributed by atoms with Crippen LogP contribution in [0.3, 0.4) is 0 Å². The number of oxime groups is 1. The van der Waals surface area contributed by atoms with Crippen molar-refractivity contribution in [2.45, 2.75) is 18.9 Å². The highest BCUT2D eigenvalue weighted by Gasteiger charge is 2.31. The van der Waals surface area contributed by atoms with Crippen LogP contribution < -0.4 is 10.6 Å². The van der Waals surface area contributed by atoms with Crippen LogP contribution in [0.25, 0.3) is 0 Å². The predicted molar refractivity (Wildman–Crippen MR) is 73.6 cm³/mol. The fourth-order valence-corrected chi connectivity index (χ4v) is 3.12. The molecule has 3 N–H and O–H groups in total. The number of nitrogens with zero attached hydrogens (tertiary/aromatic N) is 4. The average molecular weight is 261 g/mol. The SMILES string of the molecule is N/C(=N/O)c1ccncc1N1CCN2CCCC2C1. The van der Waals surface area contributed by atoms with Crippen molar-refractivity contribution in [3.05, 3.63) is 24.0 Å².